The van der Waals surface area contributed by atoms with E-state index in [1.165, 1.54) is 25.7 Å². The molecular weight excluding hydrogens is 276 g/mol. The Hall–Kier alpha value is -0.940. The third-order valence-electron chi connectivity index (χ3n) is 5.66. The Morgan fingerprint density at radius 3 is 2.50 bits per heavy atom. The highest BCUT2D eigenvalue weighted by Crippen LogP contribution is 2.43. The van der Waals surface area contributed by atoms with E-state index in [2.05, 4.69) is 41.0 Å². The summed E-state index contributed by atoms with van der Waals surface area (Å²) in [6, 6.07) is 0.334. The predicted octanol–water partition coefficient (Wildman–Crippen LogP) is 2.36. The first-order valence-corrected chi connectivity index (χ1v) is 8.80. The molecule has 2 fully saturated rings. The molecular formula is C17H30N4O. The Kier molecular flexibility index (Phi) is 4.55. The molecule has 1 aromatic heterocycles. The molecule has 5 nitrogen and oxygen atoms in total. The topological polar surface area (TPSA) is 63.0 Å². The van der Waals surface area contributed by atoms with Crippen LogP contribution in [-0.4, -0.2) is 32.5 Å². The first-order chi connectivity index (χ1) is 10.6. The molecule has 3 rings (SSSR count). The molecule has 1 heterocycles. The number of aromatic nitrogens is 3. The molecule has 1 aromatic rings. The van der Waals surface area contributed by atoms with Crippen LogP contribution in [0.3, 0.4) is 0 Å². The van der Waals surface area contributed by atoms with Gasteiger partial charge < -0.3 is 15.0 Å². The van der Waals surface area contributed by atoms with E-state index in [1.807, 2.05) is 0 Å². The van der Waals surface area contributed by atoms with Crippen molar-refractivity contribution >= 4 is 0 Å². The fourth-order valence-corrected chi connectivity index (χ4v) is 4.23. The number of hydrogen-bond donors (Lipinski definition) is 2. The smallest absolute Gasteiger partial charge is 0.146 e. The van der Waals surface area contributed by atoms with E-state index in [9.17, 15) is 5.11 Å². The van der Waals surface area contributed by atoms with E-state index in [0.29, 0.717) is 17.9 Å². The number of nitrogens with zero attached hydrogens (tertiary/aromatic N) is 3. The number of aliphatic hydroxyl groups is 1. The number of aliphatic hydroxyl groups excluding tert-OH is 1. The van der Waals surface area contributed by atoms with Crippen LogP contribution in [0.15, 0.2) is 0 Å². The highest BCUT2D eigenvalue weighted by molar-refractivity contribution is 5.08. The van der Waals surface area contributed by atoms with E-state index in [4.69, 9.17) is 0 Å². The van der Waals surface area contributed by atoms with Gasteiger partial charge in [0.1, 0.15) is 11.6 Å². The Morgan fingerprint density at radius 1 is 1.27 bits per heavy atom. The van der Waals surface area contributed by atoms with Crippen LogP contribution < -0.4 is 5.32 Å². The monoisotopic (exact) mass is 306 g/mol. The van der Waals surface area contributed by atoms with Crippen molar-refractivity contribution in [3.63, 3.8) is 0 Å². The first kappa shape index (κ1) is 15.9. The minimum Gasteiger partial charge on any atom is -0.396 e. The van der Waals surface area contributed by atoms with Crippen LogP contribution in [0, 0.1) is 11.3 Å². The van der Waals surface area contributed by atoms with Crippen molar-refractivity contribution in [1.29, 1.82) is 0 Å². The third-order valence-corrected chi connectivity index (χ3v) is 5.66. The molecule has 0 spiro atoms. The molecule has 0 aliphatic heterocycles. The van der Waals surface area contributed by atoms with Crippen LogP contribution in [0.2, 0.25) is 0 Å². The maximum Gasteiger partial charge on any atom is 0.146 e. The summed E-state index contributed by atoms with van der Waals surface area (Å²) in [4.78, 5) is 0. The Morgan fingerprint density at radius 2 is 1.95 bits per heavy atom. The van der Waals surface area contributed by atoms with Crippen LogP contribution in [-0.2, 0) is 13.6 Å². The molecule has 0 saturated heterocycles. The zero-order valence-electron chi connectivity index (χ0n) is 14.2. The summed E-state index contributed by atoms with van der Waals surface area (Å²) in [5.41, 5.74) is 0.0477. The summed E-state index contributed by atoms with van der Waals surface area (Å²) in [5.74, 6) is 3.28. The lowest BCUT2D eigenvalue weighted by molar-refractivity contribution is 0.0645. The largest absolute Gasteiger partial charge is 0.396 e. The molecule has 0 radical (unpaired) electrons. The fraction of sp³-hybridized carbons (Fsp3) is 0.882. The van der Waals surface area contributed by atoms with E-state index in [-0.39, 0.29) is 12.0 Å². The van der Waals surface area contributed by atoms with Crippen molar-refractivity contribution < 1.29 is 5.11 Å². The second kappa shape index (κ2) is 6.28. The lowest BCUT2D eigenvalue weighted by atomic mass is 9.74. The summed E-state index contributed by atoms with van der Waals surface area (Å²) in [7, 11) is 2.08. The van der Waals surface area contributed by atoms with E-state index >= 15 is 0 Å². The number of hydrogen-bond acceptors (Lipinski definition) is 4. The van der Waals surface area contributed by atoms with Gasteiger partial charge in [-0.05, 0) is 31.6 Å². The standard InChI is InChI=1S/C17H30N4O/c1-12(2)15(17(11-22)8-4-5-9-17)18-10-14-19-20-16(21(14)3)13-6-7-13/h12-13,15,18,22H,4-11H2,1-3H3/t15-/m0/s1. The van der Waals surface area contributed by atoms with Crippen molar-refractivity contribution in [3.8, 4) is 0 Å². The van der Waals surface area contributed by atoms with Gasteiger partial charge in [0.25, 0.3) is 0 Å². The zero-order chi connectivity index (χ0) is 15.7. The van der Waals surface area contributed by atoms with Gasteiger partial charge >= 0.3 is 0 Å². The second-order valence-corrected chi connectivity index (χ2v) is 7.64. The summed E-state index contributed by atoms with van der Waals surface area (Å²) >= 11 is 0. The van der Waals surface area contributed by atoms with Crippen molar-refractivity contribution in [2.75, 3.05) is 6.61 Å². The lowest BCUT2D eigenvalue weighted by Gasteiger charge is -2.39. The van der Waals surface area contributed by atoms with Gasteiger partial charge in [-0.25, -0.2) is 0 Å². The van der Waals surface area contributed by atoms with Gasteiger partial charge in [0.05, 0.1) is 13.2 Å². The van der Waals surface area contributed by atoms with Gasteiger partial charge in [-0.15, -0.1) is 10.2 Å². The molecule has 124 valence electrons. The van der Waals surface area contributed by atoms with Gasteiger partial charge in [-0.1, -0.05) is 26.7 Å². The van der Waals surface area contributed by atoms with Gasteiger partial charge in [0.15, 0.2) is 0 Å². The number of nitrogens with one attached hydrogen (secondary N) is 1. The molecule has 2 aliphatic rings. The Balaban J connectivity index is 1.69. The molecule has 2 N–H and O–H groups in total. The summed E-state index contributed by atoms with van der Waals surface area (Å²) in [6.45, 7) is 5.52. The quantitative estimate of drug-likeness (QED) is 0.812. The van der Waals surface area contributed by atoms with E-state index < -0.39 is 0 Å². The summed E-state index contributed by atoms with van der Waals surface area (Å²) in [5, 5.41) is 22.4. The van der Waals surface area contributed by atoms with Crippen LogP contribution in [0.1, 0.15) is 69.9 Å². The van der Waals surface area contributed by atoms with Crippen LogP contribution in [0.5, 0.6) is 0 Å². The molecule has 0 bridgehead atoms. The molecule has 1 atom stereocenters. The SMILES string of the molecule is CC(C)[C@H](NCc1nnc(C2CC2)n1C)C1(CO)CCCC1. The average Bonchev–Trinajstić information content (AvgIpc) is 3.11. The fourth-order valence-electron chi connectivity index (χ4n) is 4.23. The second-order valence-electron chi connectivity index (χ2n) is 7.64. The zero-order valence-corrected chi connectivity index (χ0v) is 14.2. The maximum atomic E-state index is 10.00. The average molecular weight is 306 g/mol. The highest BCUT2D eigenvalue weighted by Gasteiger charge is 2.42. The van der Waals surface area contributed by atoms with E-state index in [0.717, 1.165) is 31.0 Å². The molecule has 0 amide bonds. The van der Waals surface area contributed by atoms with Gasteiger partial charge in [0, 0.05) is 24.4 Å². The molecule has 0 unspecified atom stereocenters. The van der Waals surface area contributed by atoms with Crippen LogP contribution >= 0.6 is 0 Å². The minimum absolute atomic E-state index is 0.0477. The Labute approximate surface area is 133 Å². The van der Waals surface area contributed by atoms with Crippen LogP contribution in [0.25, 0.3) is 0 Å². The summed E-state index contributed by atoms with van der Waals surface area (Å²) in [6.07, 6.45) is 7.24. The van der Waals surface area contributed by atoms with E-state index in [1.54, 1.807) is 0 Å². The van der Waals surface area contributed by atoms with Crippen molar-refractivity contribution in [2.24, 2.45) is 18.4 Å². The third kappa shape index (κ3) is 2.93. The highest BCUT2D eigenvalue weighted by atomic mass is 16.3. The number of rotatable bonds is 7. The van der Waals surface area contributed by atoms with Gasteiger partial charge in [-0.2, -0.15) is 0 Å². The molecule has 2 aliphatic carbocycles. The molecule has 22 heavy (non-hydrogen) atoms. The molecule has 0 aromatic carbocycles. The Bertz CT molecular complexity index is 501. The molecule has 5 heteroatoms. The van der Waals surface area contributed by atoms with Gasteiger partial charge in [-0.3, -0.25) is 0 Å². The molecule has 2 saturated carbocycles. The summed E-state index contributed by atoms with van der Waals surface area (Å²) < 4.78 is 2.16. The normalized spacial score (nSPS) is 22.4. The first-order valence-electron chi connectivity index (χ1n) is 8.80. The maximum absolute atomic E-state index is 10.00. The minimum atomic E-state index is 0.0477. The van der Waals surface area contributed by atoms with Gasteiger partial charge in [0.2, 0.25) is 0 Å². The van der Waals surface area contributed by atoms with Crippen molar-refractivity contribution in [2.45, 2.75) is 70.9 Å². The van der Waals surface area contributed by atoms with Crippen molar-refractivity contribution in [1.82, 2.24) is 20.1 Å². The van der Waals surface area contributed by atoms with Crippen molar-refractivity contribution in [3.05, 3.63) is 11.6 Å². The van der Waals surface area contributed by atoms with Crippen LogP contribution in [0.4, 0.5) is 0 Å². The lowest BCUT2D eigenvalue weighted by Crippen LogP contribution is -2.49. The predicted molar refractivity (Wildman–Crippen MR) is 86.4 cm³/mol.